The van der Waals surface area contributed by atoms with Crippen molar-refractivity contribution in [3.8, 4) is 0 Å². The van der Waals surface area contributed by atoms with Gasteiger partial charge in [0.05, 0.1) is 7.11 Å². The first-order valence-corrected chi connectivity index (χ1v) is 5.53. The van der Waals surface area contributed by atoms with Gasteiger partial charge in [-0.15, -0.1) is 0 Å². The number of pyridine rings is 1. The molecule has 0 aliphatic heterocycles. The predicted molar refractivity (Wildman–Crippen MR) is 63.2 cm³/mol. The SMILES string of the molecule is COC(=O)CCCCCNc1ccncc1. The third-order valence-electron chi connectivity index (χ3n) is 2.29. The van der Waals surface area contributed by atoms with E-state index in [1.807, 2.05) is 12.1 Å². The van der Waals surface area contributed by atoms with Crippen molar-refractivity contribution in [2.45, 2.75) is 25.7 Å². The lowest BCUT2D eigenvalue weighted by molar-refractivity contribution is -0.140. The highest BCUT2D eigenvalue weighted by atomic mass is 16.5. The Hall–Kier alpha value is -1.58. The van der Waals surface area contributed by atoms with E-state index in [-0.39, 0.29) is 5.97 Å². The maximum absolute atomic E-state index is 10.8. The van der Waals surface area contributed by atoms with Crippen LogP contribution in [0.2, 0.25) is 0 Å². The molecule has 0 saturated carbocycles. The summed E-state index contributed by atoms with van der Waals surface area (Å²) in [6, 6.07) is 3.88. The fraction of sp³-hybridized carbons (Fsp3) is 0.500. The minimum atomic E-state index is -0.123. The van der Waals surface area contributed by atoms with Crippen molar-refractivity contribution in [2.75, 3.05) is 19.0 Å². The molecule has 0 aliphatic rings. The molecule has 0 bridgehead atoms. The molecule has 0 atom stereocenters. The number of carbonyl (C=O) groups is 1. The number of nitrogens with zero attached hydrogens (tertiary/aromatic N) is 1. The average molecular weight is 222 g/mol. The second-order valence-corrected chi connectivity index (χ2v) is 3.55. The smallest absolute Gasteiger partial charge is 0.305 e. The summed E-state index contributed by atoms with van der Waals surface area (Å²) >= 11 is 0. The second-order valence-electron chi connectivity index (χ2n) is 3.55. The summed E-state index contributed by atoms with van der Waals surface area (Å²) in [4.78, 5) is 14.8. The maximum atomic E-state index is 10.8. The number of esters is 1. The van der Waals surface area contributed by atoms with Crippen LogP contribution >= 0.6 is 0 Å². The first-order chi connectivity index (χ1) is 7.83. The summed E-state index contributed by atoms with van der Waals surface area (Å²) < 4.78 is 4.56. The van der Waals surface area contributed by atoms with E-state index in [9.17, 15) is 4.79 Å². The predicted octanol–water partition coefficient (Wildman–Crippen LogP) is 2.23. The van der Waals surface area contributed by atoms with E-state index >= 15 is 0 Å². The molecule has 1 rings (SSSR count). The van der Waals surface area contributed by atoms with Crippen LogP contribution in [0.15, 0.2) is 24.5 Å². The van der Waals surface area contributed by atoms with E-state index in [0.29, 0.717) is 6.42 Å². The molecule has 0 unspecified atom stereocenters. The molecular formula is C12H18N2O2. The molecule has 88 valence electrons. The van der Waals surface area contributed by atoms with E-state index in [1.165, 1.54) is 7.11 Å². The van der Waals surface area contributed by atoms with Crippen LogP contribution in [0.4, 0.5) is 5.69 Å². The monoisotopic (exact) mass is 222 g/mol. The lowest BCUT2D eigenvalue weighted by atomic mass is 10.2. The lowest BCUT2D eigenvalue weighted by Gasteiger charge is -2.05. The molecule has 0 aromatic carbocycles. The van der Waals surface area contributed by atoms with Gasteiger partial charge in [-0.25, -0.2) is 0 Å². The van der Waals surface area contributed by atoms with Crippen molar-refractivity contribution in [1.29, 1.82) is 0 Å². The number of unbranched alkanes of at least 4 members (excludes halogenated alkanes) is 2. The van der Waals surface area contributed by atoms with Gasteiger partial charge in [-0.2, -0.15) is 0 Å². The van der Waals surface area contributed by atoms with E-state index in [0.717, 1.165) is 31.5 Å². The Morgan fingerprint density at radius 2 is 2.06 bits per heavy atom. The Balaban J connectivity index is 1.98. The van der Waals surface area contributed by atoms with Gasteiger partial charge in [0.2, 0.25) is 0 Å². The second kappa shape index (κ2) is 7.68. The number of nitrogens with one attached hydrogen (secondary N) is 1. The Morgan fingerprint density at radius 1 is 1.31 bits per heavy atom. The highest BCUT2D eigenvalue weighted by Crippen LogP contribution is 2.05. The van der Waals surface area contributed by atoms with Crippen molar-refractivity contribution in [3.63, 3.8) is 0 Å². The fourth-order valence-electron chi connectivity index (χ4n) is 1.38. The molecule has 0 amide bonds. The number of carbonyl (C=O) groups excluding carboxylic acids is 1. The van der Waals surface area contributed by atoms with Gasteiger partial charge in [0.15, 0.2) is 0 Å². The van der Waals surface area contributed by atoms with E-state index in [1.54, 1.807) is 12.4 Å². The average Bonchev–Trinajstić information content (AvgIpc) is 2.34. The number of rotatable bonds is 7. The van der Waals surface area contributed by atoms with Crippen LogP contribution in [-0.4, -0.2) is 24.6 Å². The summed E-state index contributed by atoms with van der Waals surface area (Å²) in [5, 5.41) is 3.29. The summed E-state index contributed by atoms with van der Waals surface area (Å²) in [6.07, 6.45) is 7.03. The lowest BCUT2D eigenvalue weighted by Crippen LogP contribution is -2.03. The third kappa shape index (κ3) is 5.34. The Kier molecular flexibility index (Phi) is 5.99. The zero-order valence-corrected chi connectivity index (χ0v) is 9.61. The third-order valence-corrected chi connectivity index (χ3v) is 2.29. The Morgan fingerprint density at radius 3 is 2.75 bits per heavy atom. The first-order valence-electron chi connectivity index (χ1n) is 5.53. The molecule has 16 heavy (non-hydrogen) atoms. The Bertz CT molecular complexity index is 301. The van der Waals surface area contributed by atoms with Crippen LogP contribution in [0.25, 0.3) is 0 Å². The zero-order valence-electron chi connectivity index (χ0n) is 9.61. The molecule has 4 heteroatoms. The molecule has 1 N–H and O–H groups in total. The van der Waals surface area contributed by atoms with Crippen LogP contribution in [0.1, 0.15) is 25.7 Å². The van der Waals surface area contributed by atoms with Crippen molar-refractivity contribution in [3.05, 3.63) is 24.5 Å². The molecule has 0 fully saturated rings. The van der Waals surface area contributed by atoms with Crippen LogP contribution in [0, 0.1) is 0 Å². The normalized spacial score (nSPS) is 9.81. The topological polar surface area (TPSA) is 51.2 Å². The van der Waals surface area contributed by atoms with Crippen LogP contribution < -0.4 is 5.32 Å². The highest BCUT2D eigenvalue weighted by molar-refractivity contribution is 5.68. The number of aromatic nitrogens is 1. The molecular weight excluding hydrogens is 204 g/mol. The number of methoxy groups -OCH3 is 1. The molecule has 1 heterocycles. The van der Waals surface area contributed by atoms with Gasteiger partial charge in [0.1, 0.15) is 0 Å². The fourth-order valence-corrected chi connectivity index (χ4v) is 1.38. The maximum Gasteiger partial charge on any atom is 0.305 e. The van der Waals surface area contributed by atoms with Gasteiger partial charge >= 0.3 is 5.97 Å². The summed E-state index contributed by atoms with van der Waals surface area (Å²) in [5.74, 6) is -0.123. The van der Waals surface area contributed by atoms with E-state index < -0.39 is 0 Å². The van der Waals surface area contributed by atoms with Gasteiger partial charge in [0.25, 0.3) is 0 Å². The van der Waals surface area contributed by atoms with E-state index in [2.05, 4.69) is 15.0 Å². The minimum absolute atomic E-state index is 0.123. The van der Waals surface area contributed by atoms with Crippen LogP contribution in [0.3, 0.4) is 0 Å². The Labute approximate surface area is 96.0 Å². The standard InChI is InChI=1S/C12H18N2O2/c1-16-12(15)5-3-2-4-8-14-11-6-9-13-10-7-11/h6-7,9-10H,2-5,8H2,1H3,(H,13,14). The molecule has 0 radical (unpaired) electrons. The highest BCUT2D eigenvalue weighted by Gasteiger charge is 1.98. The van der Waals surface area contributed by atoms with Crippen molar-refractivity contribution >= 4 is 11.7 Å². The molecule has 0 spiro atoms. The van der Waals surface area contributed by atoms with Crippen LogP contribution in [-0.2, 0) is 9.53 Å². The van der Waals surface area contributed by atoms with Gasteiger partial charge in [0, 0.05) is 31.0 Å². The summed E-state index contributed by atoms with van der Waals surface area (Å²) in [7, 11) is 1.42. The molecule has 4 nitrogen and oxygen atoms in total. The zero-order chi connectivity index (χ0) is 11.6. The number of ether oxygens (including phenoxy) is 1. The van der Waals surface area contributed by atoms with E-state index in [4.69, 9.17) is 0 Å². The first kappa shape index (κ1) is 12.5. The molecule has 0 saturated heterocycles. The van der Waals surface area contributed by atoms with Crippen LogP contribution in [0.5, 0.6) is 0 Å². The van der Waals surface area contributed by atoms with Gasteiger partial charge in [-0.1, -0.05) is 6.42 Å². The summed E-state index contributed by atoms with van der Waals surface area (Å²) in [5.41, 5.74) is 1.09. The number of hydrogen-bond acceptors (Lipinski definition) is 4. The van der Waals surface area contributed by atoms with Crippen molar-refractivity contribution < 1.29 is 9.53 Å². The number of hydrogen-bond donors (Lipinski definition) is 1. The van der Waals surface area contributed by atoms with Crippen molar-refractivity contribution in [1.82, 2.24) is 4.98 Å². The van der Waals surface area contributed by atoms with Gasteiger partial charge in [-0.05, 0) is 25.0 Å². The largest absolute Gasteiger partial charge is 0.469 e. The van der Waals surface area contributed by atoms with Gasteiger partial charge < -0.3 is 10.1 Å². The summed E-state index contributed by atoms with van der Waals surface area (Å²) in [6.45, 7) is 0.922. The van der Waals surface area contributed by atoms with Gasteiger partial charge in [-0.3, -0.25) is 9.78 Å². The molecule has 1 aromatic heterocycles. The minimum Gasteiger partial charge on any atom is -0.469 e. The molecule has 0 aliphatic carbocycles. The quantitative estimate of drug-likeness (QED) is 0.567. The van der Waals surface area contributed by atoms with Crippen molar-refractivity contribution in [2.24, 2.45) is 0 Å². The number of anilines is 1. The molecule has 1 aromatic rings.